The Balaban J connectivity index is 0.0000000874. The molecule has 0 saturated carbocycles. The maximum absolute atomic E-state index is 6.18. The monoisotopic (exact) mass is 1340 g/mol. The fraction of sp³-hybridized carbons (Fsp3) is 0.0505. The Bertz CT molecular complexity index is 7390. The van der Waals surface area contributed by atoms with E-state index in [1.807, 2.05) is 11.3 Å². The summed E-state index contributed by atoms with van der Waals surface area (Å²) in [5.74, 6) is 0. The molecule has 0 fully saturated rings. The Kier molecular flexibility index (Phi) is 12.8. The second-order valence-corrected chi connectivity index (χ2v) is 30.2. The van der Waals surface area contributed by atoms with Crippen molar-refractivity contribution in [3.8, 4) is 39.1 Å². The van der Waals surface area contributed by atoms with E-state index in [0.29, 0.717) is 0 Å². The van der Waals surface area contributed by atoms with Crippen LogP contribution >= 0.6 is 11.3 Å². The maximum Gasteiger partial charge on any atom is 0.136 e. The molecule has 104 heavy (non-hydrogen) atoms. The molecule has 0 bridgehead atoms. The highest BCUT2D eigenvalue weighted by Gasteiger charge is 2.37. The lowest BCUT2D eigenvalue weighted by atomic mass is 9.81. The average molecular weight is 1340 g/mol. The Hall–Kier alpha value is -12.8. The largest absolute Gasteiger partial charge is 0.456 e. The Morgan fingerprint density at radius 1 is 0.308 bits per heavy atom. The second-order valence-electron chi connectivity index (χ2n) is 29.1. The highest BCUT2D eigenvalue weighted by atomic mass is 32.1. The van der Waals surface area contributed by atoms with Crippen molar-refractivity contribution in [1.29, 1.82) is 0 Å². The molecule has 0 saturated heterocycles. The number of fused-ring (bicyclic) bond motifs is 32. The lowest BCUT2D eigenvalue weighted by Crippen LogP contribution is -2.15. The second kappa shape index (κ2) is 22.6. The molecule has 0 amide bonds. The molecule has 5 heterocycles. The summed E-state index contributed by atoms with van der Waals surface area (Å²) < 4.78 is 11.3. The standard InChI is InChI=1S/C28H18N2.C26H20.C23H14O.C22H13NS/c1-2-9-19(10-3-1)30-26-13-7-6-12-21(26)24-16-25-23(17-27(24)30)22-15-14-18-8-4-5-11-20(18)28(22)29-25;1-26(2)24-10-6-5-9-20(24)23-15-21-17(14-25(23)26)13-22-18-8-4-3-7-16(18)11-12-19(21)22;1-4-8-18-14(5-1)9-10-21-23(18)20-13-19-16(12-22(20)24-21)11-15-6-2-3-7-17(15)19;1-2-6-14-13(5-1)9-10-16-17-11-18-15-7-3-4-8-20(15)24-21(18)12-19(17)23-22(14)16/h1-17,29H;3-12,14-15H,13H2,1-2H3;1-10,12-13H,11H2;1-12,23H. The Morgan fingerprint density at radius 3 is 1.65 bits per heavy atom. The van der Waals surface area contributed by atoms with E-state index in [0.717, 1.165) is 24.0 Å². The molecule has 3 aliphatic rings. The number of H-pyrrole nitrogens is 2. The molecule has 3 aliphatic carbocycles. The van der Waals surface area contributed by atoms with Gasteiger partial charge < -0.3 is 19.0 Å². The third kappa shape index (κ3) is 8.90. The quantitative estimate of drug-likeness (QED) is 0.169. The van der Waals surface area contributed by atoms with E-state index in [2.05, 4.69) is 350 Å². The average Bonchev–Trinajstić information content (AvgIpc) is 1.55. The summed E-state index contributed by atoms with van der Waals surface area (Å²) in [6, 6.07) is 117. The molecule has 5 aromatic heterocycles. The van der Waals surface area contributed by atoms with E-state index in [9.17, 15) is 0 Å². The van der Waals surface area contributed by atoms with Crippen molar-refractivity contribution in [2.45, 2.75) is 32.1 Å². The number of benzene rings is 17. The van der Waals surface area contributed by atoms with Gasteiger partial charge in [0.15, 0.2) is 0 Å². The first-order valence-electron chi connectivity index (χ1n) is 36.2. The maximum atomic E-state index is 6.18. The molecule has 25 rings (SSSR count). The van der Waals surface area contributed by atoms with Gasteiger partial charge in [-0.3, -0.25) is 0 Å². The van der Waals surface area contributed by atoms with Gasteiger partial charge in [-0.25, -0.2) is 0 Å². The van der Waals surface area contributed by atoms with Gasteiger partial charge >= 0.3 is 0 Å². The summed E-state index contributed by atoms with van der Waals surface area (Å²) in [4.78, 5) is 7.38. The molecular weight excluding hydrogens is 1280 g/mol. The van der Waals surface area contributed by atoms with Crippen LogP contribution in [0.15, 0.2) is 326 Å². The zero-order valence-corrected chi connectivity index (χ0v) is 58.1. The van der Waals surface area contributed by atoms with Crippen LogP contribution in [0.25, 0.3) is 190 Å². The smallest absolute Gasteiger partial charge is 0.136 e. The summed E-state index contributed by atoms with van der Waals surface area (Å²) in [5, 5.41) is 23.3. The van der Waals surface area contributed by atoms with Crippen LogP contribution in [-0.4, -0.2) is 14.5 Å². The van der Waals surface area contributed by atoms with Crippen molar-refractivity contribution in [1.82, 2.24) is 14.5 Å². The number of para-hydroxylation sites is 2. The lowest BCUT2D eigenvalue weighted by molar-refractivity contribution is 0.659. The summed E-state index contributed by atoms with van der Waals surface area (Å²) in [6.45, 7) is 4.73. The highest BCUT2D eigenvalue weighted by molar-refractivity contribution is 7.25. The molecule has 4 nitrogen and oxygen atoms in total. The minimum absolute atomic E-state index is 0.0811. The van der Waals surface area contributed by atoms with Gasteiger partial charge in [-0.15, -0.1) is 11.3 Å². The number of thiophene rings is 1. The summed E-state index contributed by atoms with van der Waals surface area (Å²) in [7, 11) is 0. The van der Waals surface area contributed by atoms with Crippen LogP contribution in [0.3, 0.4) is 0 Å². The van der Waals surface area contributed by atoms with Crippen LogP contribution in [0.1, 0.15) is 47.2 Å². The Labute approximate surface area is 602 Å². The van der Waals surface area contributed by atoms with Crippen LogP contribution in [-0.2, 0) is 18.3 Å². The number of rotatable bonds is 1. The molecule has 22 aromatic rings. The number of furan rings is 1. The van der Waals surface area contributed by atoms with Crippen LogP contribution in [0.2, 0.25) is 0 Å². The number of nitrogens with one attached hydrogen (secondary N) is 2. The van der Waals surface area contributed by atoms with Crippen molar-refractivity contribution in [3.05, 3.63) is 355 Å². The number of aromatic nitrogens is 3. The fourth-order valence-corrected chi connectivity index (χ4v) is 19.3. The number of aromatic amines is 2. The van der Waals surface area contributed by atoms with Crippen molar-refractivity contribution >= 4 is 162 Å². The van der Waals surface area contributed by atoms with Crippen molar-refractivity contribution in [2.75, 3.05) is 0 Å². The van der Waals surface area contributed by atoms with Crippen LogP contribution < -0.4 is 0 Å². The normalized spacial score (nSPS) is 13.1. The minimum atomic E-state index is 0.0811. The first kappa shape index (κ1) is 58.9. The third-order valence-electron chi connectivity index (χ3n) is 23.1. The van der Waals surface area contributed by atoms with Gasteiger partial charge in [0.05, 0.1) is 22.1 Å². The SMILES string of the molecule is CC1(C)c2ccccc2-c2cc3c(cc21)Cc1c-3ccc2ccccc12.c1ccc(-n2c3ccccc3c3cc4[nH]c5c6ccccc6ccc5c4cc32)cc1.c1ccc2c(c1)Cc1cc3oc4ccc5ccccc5c4c3cc1-2.c1ccc2c(c1)ccc1c3cc4c(cc3[nH]c21)sc1ccccc14. The lowest BCUT2D eigenvalue weighted by Gasteiger charge is -2.22. The number of hydrogen-bond donors (Lipinski definition) is 2. The van der Waals surface area contributed by atoms with Gasteiger partial charge in [-0.2, -0.15) is 0 Å². The topological polar surface area (TPSA) is 49.6 Å². The van der Waals surface area contributed by atoms with Gasteiger partial charge in [-0.1, -0.05) is 263 Å². The first-order chi connectivity index (χ1) is 51.3. The van der Waals surface area contributed by atoms with E-state index < -0.39 is 0 Å². The molecular formula is C99H65N3OS. The molecule has 0 atom stereocenters. The van der Waals surface area contributed by atoms with Crippen LogP contribution in [0, 0.1) is 0 Å². The first-order valence-corrected chi connectivity index (χ1v) is 37.0. The highest BCUT2D eigenvalue weighted by Crippen LogP contribution is 2.53. The van der Waals surface area contributed by atoms with Gasteiger partial charge in [0.25, 0.3) is 0 Å². The molecule has 0 aliphatic heterocycles. The molecule has 2 N–H and O–H groups in total. The van der Waals surface area contributed by atoms with E-state index in [-0.39, 0.29) is 5.41 Å². The molecule has 5 heteroatoms. The Morgan fingerprint density at radius 2 is 0.885 bits per heavy atom. The van der Waals surface area contributed by atoms with Gasteiger partial charge in [0.2, 0.25) is 0 Å². The third-order valence-corrected chi connectivity index (χ3v) is 24.2. The number of nitrogens with zero attached hydrogens (tertiary/aromatic N) is 1. The predicted molar refractivity (Wildman–Crippen MR) is 443 cm³/mol. The summed E-state index contributed by atoms with van der Waals surface area (Å²) in [6.07, 6.45) is 2.05. The van der Waals surface area contributed by atoms with E-state index in [1.54, 1.807) is 0 Å². The van der Waals surface area contributed by atoms with E-state index in [1.165, 1.54) is 212 Å². The van der Waals surface area contributed by atoms with Crippen molar-refractivity contribution in [3.63, 3.8) is 0 Å². The zero-order chi connectivity index (χ0) is 68.5. The zero-order valence-electron chi connectivity index (χ0n) is 57.3. The van der Waals surface area contributed by atoms with Gasteiger partial charge in [0, 0.05) is 96.2 Å². The summed E-state index contributed by atoms with van der Waals surface area (Å²) >= 11 is 1.87. The van der Waals surface area contributed by atoms with E-state index in [4.69, 9.17) is 4.42 Å². The van der Waals surface area contributed by atoms with Crippen molar-refractivity contribution in [2.24, 2.45) is 0 Å². The molecule has 488 valence electrons. The van der Waals surface area contributed by atoms with Gasteiger partial charge in [0.1, 0.15) is 11.2 Å². The minimum Gasteiger partial charge on any atom is -0.456 e. The van der Waals surface area contributed by atoms with Crippen LogP contribution in [0.5, 0.6) is 0 Å². The molecule has 0 unspecified atom stereocenters. The molecule has 0 spiro atoms. The van der Waals surface area contributed by atoms with Crippen molar-refractivity contribution < 1.29 is 4.42 Å². The van der Waals surface area contributed by atoms with Gasteiger partial charge in [-0.05, 0) is 185 Å². The van der Waals surface area contributed by atoms with E-state index >= 15 is 0 Å². The molecule has 17 aromatic carbocycles. The predicted octanol–water partition coefficient (Wildman–Crippen LogP) is 27.4. The van der Waals surface area contributed by atoms with Crippen LogP contribution in [0.4, 0.5) is 0 Å². The molecule has 0 radical (unpaired) electrons. The fourth-order valence-electron chi connectivity index (χ4n) is 18.2. The summed E-state index contributed by atoms with van der Waals surface area (Å²) in [5.41, 5.74) is 27.7. The number of hydrogen-bond acceptors (Lipinski definition) is 2.